The standard InChI is InChI=1S/C24H28ClN5/c1-3-20-5-4-6-21(27-20)17-9-11-24(25,12-10-17)19-7-8-22-18(13-19)14-29(2)15-23-28-26-16-30(22)23/h4-8,13,16-17H,3,9-12,14-15H2,1-2H3. The van der Waals surface area contributed by atoms with Crippen LogP contribution in [0.1, 0.15) is 66.9 Å². The van der Waals surface area contributed by atoms with Crippen molar-refractivity contribution >= 4 is 11.6 Å². The van der Waals surface area contributed by atoms with E-state index in [9.17, 15) is 0 Å². The van der Waals surface area contributed by atoms with E-state index in [0.717, 1.165) is 56.7 Å². The molecular formula is C24H28ClN5. The molecule has 0 bridgehead atoms. The van der Waals surface area contributed by atoms with Crippen molar-refractivity contribution in [3.8, 4) is 5.69 Å². The third-order valence-corrected chi connectivity index (χ3v) is 7.31. The molecule has 0 spiro atoms. The van der Waals surface area contributed by atoms with E-state index in [4.69, 9.17) is 16.6 Å². The second kappa shape index (κ2) is 7.78. The van der Waals surface area contributed by atoms with Crippen LogP contribution in [0, 0.1) is 0 Å². The number of alkyl halides is 1. The molecule has 1 saturated carbocycles. The molecule has 1 aliphatic carbocycles. The van der Waals surface area contributed by atoms with Gasteiger partial charge in [0.05, 0.1) is 17.1 Å². The Morgan fingerprint density at radius 2 is 1.97 bits per heavy atom. The Bertz CT molecular complexity index is 1050. The van der Waals surface area contributed by atoms with Crippen molar-refractivity contribution in [1.29, 1.82) is 0 Å². The Labute approximate surface area is 183 Å². The van der Waals surface area contributed by atoms with Gasteiger partial charge in [-0.15, -0.1) is 21.8 Å². The summed E-state index contributed by atoms with van der Waals surface area (Å²) in [5, 5.41) is 8.39. The van der Waals surface area contributed by atoms with Gasteiger partial charge in [0.15, 0.2) is 5.82 Å². The average molecular weight is 422 g/mol. The van der Waals surface area contributed by atoms with Gasteiger partial charge in [0, 0.05) is 23.9 Å². The maximum Gasteiger partial charge on any atom is 0.151 e. The maximum atomic E-state index is 7.25. The average Bonchev–Trinajstić information content (AvgIpc) is 3.16. The molecule has 5 rings (SSSR count). The van der Waals surface area contributed by atoms with Crippen molar-refractivity contribution in [1.82, 2.24) is 24.6 Å². The maximum absolute atomic E-state index is 7.25. The lowest BCUT2D eigenvalue weighted by Crippen LogP contribution is -2.26. The van der Waals surface area contributed by atoms with E-state index in [0.29, 0.717) is 5.92 Å². The van der Waals surface area contributed by atoms with E-state index >= 15 is 0 Å². The van der Waals surface area contributed by atoms with Crippen LogP contribution in [0.4, 0.5) is 0 Å². The van der Waals surface area contributed by atoms with Gasteiger partial charge in [0.2, 0.25) is 0 Å². The van der Waals surface area contributed by atoms with Crippen molar-refractivity contribution in [2.75, 3.05) is 7.05 Å². The second-order valence-electron chi connectivity index (χ2n) is 8.78. The summed E-state index contributed by atoms with van der Waals surface area (Å²) in [5.74, 6) is 1.49. The minimum atomic E-state index is -0.297. The Morgan fingerprint density at radius 1 is 1.13 bits per heavy atom. The molecule has 1 aromatic carbocycles. The summed E-state index contributed by atoms with van der Waals surface area (Å²) in [5.41, 5.74) is 6.10. The molecular weight excluding hydrogens is 394 g/mol. The number of fused-ring (bicyclic) bond motifs is 3. The van der Waals surface area contributed by atoms with Crippen molar-refractivity contribution in [2.45, 2.75) is 62.9 Å². The van der Waals surface area contributed by atoms with Crippen LogP contribution >= 0.6 is 11.6 Å². The molecule has 6 heteroatoms. The van der Waals surface area contributed by atoms with Gasteiger partial charge in [-0.05, 0) is 68.5 Å². The minimum Gasteiger partial charge on any atom is -0.295 e. The first-order chi connectivity index (χ1) is 14.6. The van der Waals surface area contributed by atoms with Gasteiger partial charge in [-0.3, -0.25) is 14.5 Å². The topological polar surface area (TPSA) is 46.8 Å². The van der Waals surface area contributed by atoms with Crippen LogP contribution in [0.2, 0.25) is 0 Å². The highest BCUT2D eigenvalue weighted by molar-refractivity contribution is 6.24. The molecule has 3 aromatic rings. The number of nitrogens with zero attached hydrogens (tertiary/aromatic N) is 5. The number of halogens is 1. The van der Waals surface area contributed by atoms with Gasteiger partial charge >= 0.3 is 0 Å². The second-order valence-corrected chi connectivity index (χ2v) is 9.50. The molecule has 30 heavy (non-hydrogen) atoms. The molecule has 3 heterocycles. The number of aromatic nitrogens is 4. The van der Waals surface area contributed by atoms with E-state index in [-0.39, 0.29) is 4.87 Å². The van der Waals surface area contributed by atoms with Gasteiger partial charge in [-0.1, -0.05) is 25.1 Å². The number of aryl methyl sites for hydroxylation is 1. The van der Waals surface area contributed by atoms with Crippen LogP contribution in [0.5, 0.6) is 0 Å². The third-order valence-electron chi connectivity index (χ3n) is 6.71. The molecule has 0 amide bonds. The third kappa shape index (κ3) is 3.54. The van der Waals surface area contributed by atoms with Crippen LogP contribution < -0.4 is 0 Å². The summed E-state index contributed by atoms with van der Waals surface area (Å²) < 4.78 is 2.10. The molecule has 2 aromatic heterocycles. The fraction of sp³-hybridized carbons (Fsp3) is 0.458. The van der Waals surface area contributed by atoms with Crippen LogP contribution in [-0.2, 0) is 24.4 Å². The van der Waals surface area contributed by atoms with E-state index in [1.54, 1.807) is 0 Å². The zero-order valence-electron chi connectivity index (χ0n) is 17.7. The monoisotopic (exact) mass is 421 g/mol. The van der Waals surface area contributed by atoms with Crippen LogP contribution in [-0.4, -0.2) is 31.7 Å². The summed E-state index contributed by atoms with van der Waals surface area (Å²) in [6.45, 7) is 3.84. The highest BCUT2D eigenvalue weighted by atomic mass is 35.5. The molecule has 5 nitrogen and oxygen atoms in total. The minimum absolute atomic E-state index is 0.297. The van der Waals surface area contributed by atoms with Crippen LogP contribution in [0.15, 0.2) is 42.7 Å². The van der Waals surface area contributed by atoms with Crippen LogP contribution in [0.25, 0.3) is 5.69 Å². The molecule has 0 N–H and O–H groups in total. The highest BCUT2D eigenvalue weighted by Crippen LogP contribution is 2.48. The van der Waals surface area contributed by atoms with E-state index in [2.05, 4.69) is 70.0 Å². The van der Waals surface area contributed by atoms with E-state index in [1.165, 1.54) is 22.5 Å². The van der Waals surface area contributed by atoms with E-state index < -0.39 is 0 Å². The van der Waals surface area contributed by atoms with Gasteiger partial charge < -0.3 is 0 Å². The summed E-state index contributed by atoms with van der Waals surface area (Å²) in [4.78, 5) is 6.85. The summed E-state index contributed by atoms with van der Waals surface area (Å²) in [7, 11) is 2.12. The first-order valence-corrected chi connectivity index (χ1v) is 11.3. The molecule has 0 atom stereocenters. The predicted octanol–water partition coefficient (Wildman–Crippen LogP) is 4.96. The number of rotatable bonds is 3. The van der Waals surface area contributed by atoms with Crippen molar-refractivity contribution in [2.24, 2.45) is 0 Å². The summed E-state index contributed by atoms with van der Waals surface area (Å²) in [6, 6.07) is 13.2. The number of hydrogen-bond donors (Lipinski definition) is 0. The van der Waals surface area contributed by atoms with Gasteiger partial charge in [0.25, 0.3) is 0 Å². The smallest absolute Gasteiger partial charge is 0.151 e. The lowest BCUT2D eigenvalue weighted by molar-refractivity contribution is 0.314. The zero-order valence-corrected chi connectivity index (χ0v) is 18.4. The Morgan fingerprint density at radius 3 is 2.77 bits per heavy atom. The van der Waals surface area contributed by atoms with Gasteiger partial charge in [0.1, 0.15) is 6.33 Å². The van der Waals surface area contributed by atoms with Crippen molar-refractivity contribution in [3.05, 3.63) is 71.1 Å². The largest absolute Gasteiger partial charge is 0.295 e. The lowest BCUT2D eigenvalue weighted by atomic mass is 9.76. The normalized spacial score (nSPS) is 24.2. The van der Waals surface area contributed by atoms with Gasteiger partial charge in [-0.2, -0.15) is 0 Å². The Kier molecular flexibility index (Phi) is 5.11. The molecule has 156 valence electrons. The van der Waals surface area contributed by atoms with Crippen molar-refractivity contribution < 1.29 is 0 Å². The summed E-state index contributed by atoms with van der Waals surface area (Å²) in [6.07, 6.45) is 6.91. The Hall–Kier alpha value is -2.24. The number of pyridine rings is 1. The number of benzene rings is 1. The molecule has 2 aliphatic rings. The lowest BCUT2D eigenvalue weighted by Gasteiger charge is -2.36. The molecule has 1 fully saturated rings. The molecule has 0 radical (unpaired) electrons. The first kappa shape index (κ1) is 19.7. The van der Waals surface area contributed by atoms with Gasteiger partial charge in [-0.25, -0.2) is 0 Å². The zero-order chi connectivity index (χ0) is 20.7. The fourth-order valence-corrected chi connectivity index (χ4v) is 5.30. The number of hydrogen-bond acceptors (Lipinski definition) is 4. The predicted molar refractivity (Wildman–Crippen MR) is 119 cm³/mol. The highest BCUT2D eigenvalue weighted by Gasteiger charge is 2.36. The fourth-order valence-electron chi connectivity index (χ4n) is 4.96. The first-order valence-electron chi connectivity index (χ1n) is 10.9. The quantitative estimate of drug-likeness (QED) is 0.560. The van der Waals surface area contributed by atoms with Crippen molar-refractivity contribution in [3.63, 3.8) is 0 Å². The molecule has 1 aliphatic heterocycles. The summed E-state index contributed by atoms with van der Waals surface area (Å²) >= 11 is 7.25. The van der Waals surface area contributed by atoms with Crippen LogP contribution in [0.3, 0.4) is 0 Å². The molecule has 0 unspecified atom stereocenters. The molecule has 0 saturated heterocycles. The Balaban J connectivity index is 1.39. The SMILES string of the molecule is CCc1cccc(C2CCC(Cl)(c3ccc4c(c3)CN(C)Cc3nncn3-4)CC2)n1. The van der Waals surface area contributed by atoms with E-state index in [1.807, 2.05) is 6.33 Å².